The van der Waals surface area contributed by atoms with Crippen molar-refractivity contribution >= 4 is 17.2 Å². The van der Waals surface area contributed by atoms with E-state index in [1.54, 1.807) is 28.9 Å². The first-order valence-electron chi connectivity index (χ1n) is 6.57. The Bertz CT molecular complexity index is 921. The van der Waals surface area contributed by atoms with Crippen molar-refractivity contribution in [2.75, 3.05) is 5.32 Å². The van der Waals surface area contributed by atoms with Gasteiger partial charge in [-0.15, -0.1) is 0 Å². The first-order valence-corrected chi connectivity index (χ1v) is 6.57. The van der Waals surface area contributed by atoms with E-state index in [1.165, 1.54) is 13.3 Å². The fraction of sp³-hybridized carbons (Fsp3) is 0.133. The molecule has 0 saturated carbocycles. The Balaban J connectivity index is 2.23. The molecule has 0 fully saturated rings. The van der Waals surface area contributed by atoms with Gasteiger partial charge in [-0.2, -0.15) is 10.4 Å². The highest BCUT2D eigenvalue weighted by Crippen LogP contribution is 2.26. The number of amides is 1. The molecule has 3 heterocycles. The van der Waals surface area contributed by atoms with Crippen molar-refractivity contribution < 1.29 is 4.79 Å². The average molecular weight is 292 g/mol. The fourth-order valence-corrected chi connectivity index (χ4v) is 2.28. The minimum Gasteiger partial charge on any atom is -0.326 e. The Kier molecular flexibility index (Phi) is 3.27. The summed E-state index contributed by atoms with van der Waals surface area (Å²) in [5.74, 6) is -0.163. The number of carbonyl (C=O) groups is 1. The predicted octanol–water partition coefficient (Wildman–Crippen LogP) is 1.93. The molecule has 0 atom stereocenters. The number of hydrogen-bond donors (Lipinski definition) is 1. The Hall–Kier alpha value is -3.27. The van der Waals surface area contributed by atoms with E-state index in [1.807, 2.05) is 13.0 Å². The smallest absolute Gasteiger partial charge is 0.221 e. The lowest BCUT2D eigenvalue weighted by atomic mass is 10.1. The van der Waals surface area contributed by atoms with E-state index in [2.05, 4.69) is 20.4 Å². The van der Waals surface area contributed by atoms with Crippen LogP contribution < -0.4 is 5.32 Å². The second-order valence-electron chi connectivity index (χ2n) is 4.84. The number of nitrogens with one attached hydrogen (secondary N) is 1. The van der Waals surface area contributed by atoms with E-state index in [9.17, 15) is 4.79 Å². The van der Waals surface area contributed by atoms with E-state index in [-0.39, 0.29) is 5.91 Å². The van der Waals surface area contributed by atoms with Crippen LogP contribution in [-0.2, 0) is 4.79 Å². The third-order valence-electron chi connectivity index (χ3n) is 3.20. The molecule has 0 aliphatic carbocycles. The highest BCUT2D eigenvalue weighted by molar-refractivity contribution is 5.90. The van der Waals surface area contributed by atoms with Crippen LogP contribution >= 0.6 is 0 Å². The number of aromatic nitrogens is 4. The fourth-order valence-electron chi connectivity index (χ4n) is 2.28. The number of nitrogens with zero attached hydrogens (tertiary/aromatic N) is 5. The third kappa shape index (κ3) is 2.38. The van der Waals surface area contributed by atoms with Gasteiger partial charge in [0.05, 0.1) is 5.69 Å². The molecule has 1 N–H and O–H groups in total. The van der Waals surface area contributed by atoms with E-state index in [0.717, 1.165) is 16.8 Å². The Morgan fingerprint density at radius 2 is 2.14 bits per heavy atom. The zero-order valence-corrected chi connectivity index (χ0v) is 12.0. The lowest BCUT2D eigenvalue weighted by molar-refractivity contribution is -0.114. The standard InChI is InChI=1S/C15H12N6O/c1-9-3-12(6-16)17-7-13(9)14-4-11(20-10(2)22)5-15-18-8-19-21(14)15/h3-5,7-8H,1-2H3,(H,20,22). The van der Waals surface area contributed by atoms with Crippen molar-refractivity contribution in [2.45, 2.75) is 13.8 Å². The van der Waals surface area contributed by atoms with Crippen LogP contribution in [0.1, 0.15) is 18.2 Å². The summed E-state index contributed by atoms with van der Waals surface area (Å²) in [7, 11) is 0. The second-order valence-corrected chi connectivity index (χ2v) is 4.84. The topological polar surface area (TPSA) is 96.0 Å². The lowest BCUT2D eigenvalue weighted by Gasteiger charge is -2.10. The molecular formula is C15H12N6O. The van der Waals surface area contributed by atoms with Crippen LogP contribution in [0.3, 0.4) is 0 Å². The summed E-state index contributed by atoms with van der Waals surface area (Å²) in [6.07, 6.45) is 3.07. The molecule has 3 aromatic heterocycles. The van der Waals surface area contributed by atoms with E-state index in [4.69, 9.17) is 5.26 Å². The number of pyridine rings is 2. The molecule has 0 aromatic carbocycles. The molecule has 0 spiro atoms. The Morgan fingerprint density at radius 3 is 2.82 bits per heavy atom. The summed E-state index contributed by atoms with van der Waals surface area (Å²) >= 11 is 0. The molecule has 3 aromatic rings. The van der Waals surface area contributed by atoms with Crippen LogP contribution in [0.25, 0.3) is 16.9 Å². The Morgan fingerprint density at radius 1 is 1.32 bits per heavy atom. The first kappa shape index (κ1) is 13.7. The number of rotatable bonds is 2. The van der Waals surface area contributed by atoms with Crippen LogP contribution in [0.15, 0.2) is 30.7 Å². The zero-order valence-electron chi connectivity index (χ0n) is 12.0. The van der Waals surface area contributed by atoms with Crippen LogP contribution in [0.4, 0.5) is 5.69 Å². The molecule has 22 heavy (non-hydrogen) atoms. The largest absolute Gasteiger partial charge is 0.326 e. The van der Waals surface area contributed by atoms with Gasteiger partial charge in [0.2, 0.25) is 5.91 Å². The number of hydrogen-bond acceptors (Lipinski definition) is 5. The van der Waals surface area contributed by atoms with Gasteiger partial charge in [-0.05, 0) is 24.6 Å². The normalized spacial score (nSPS) is 10.4. The maximum absolute atomic E-state index is 11.3. The third-order valence-corrected chi connectivity index (χ3v) is 3.20. The molecule has 108 valence electrons. The molecule has 7 nitrogen and oxygen atoms in total. The molecule has 0 bridgehead atoms. The van der Waals surface area contributed by atoms with Gasteiger partial charge < -0.3 is 5.32 Å². The second kappa shape index (κ2) is 5.26. The minimum absolute atomic E-state index is 0.163. The van der Waals surface area contributed by atoms with E-state index < -0.39 is 0 Å². The summed E-state index contributed by atoms with van der Waals surface area (Å²) in [4.78, 5) is 19.6. The summed E-state index contributed by atoms with van der Waals surface area (Å²) < 4.78 is 1.67. The van der Waals surface area contributed by atoms with Crippen LogP contribution in [0.2, 0.25) is 0 Å². The Labute approximate surface area is 126 Å². The maximum atomic E-state index is 11.3. The number of carbonyl (C=O) groups excluding carboxylic acids is 1. The summed E-state index contributed by atoms with van der Waals surface area (Å²) in [6.45, 7) is 3.34. The number of aryl methyl sites for hydroxylation is 1. The predicted molar refractivity (Wildman–Crippen MR) is 80.0 cm³/mol. The van der Waals surface area contributed by atoms with Gasteiger partial charge >= 0.3 is 0 Å². The summed E-state index contributed by atoms with van der Waals surface area (Å²) in [5.41, 5.74) is 4.06. The van der Waals surface area contributed by atoms with Crippen LogP contribution in [-0.4, -0.2) is 25.5 Å². The highest BCUT2D eigenvalue weighted by Gasteiger charge is 2.12. The zero-order chi connectivity index (χ0) is 15.7. The van der Waals surface area contributed by atoms with Crippen molar-refractivity contribution in [2.24, 2.45) is 0 Å². The first-order chi connectivity index (χ1) is 10.6. The SMILES string of the molecule is CC(=O)Nc1cc(-c2cnc(C#N)cc2C)n2ncnc2c1. The van der Waals surface area contributed by atoms with Crippen molar-refractivity contribution in [1.82, 2.24) is 19.6 Å². The van der Waals surface area contributed by atoms with Crippen molar-refractivity contribution in [1.29, 1.82) is 5.26 Å². The number of anilines is 1. The number of fused-ring (bicyclic) bond motifs is 1. The highest BCUT2D eigenvalue weighted by atomic mass is 16.1. The molecule has 3 rings (SSSR count). The minimum atomic E-state index is -0.163. The van der Waals surface area contributed by atoms with Gasteiger partial charge in [0.25, 0.3) is 0 Å². The van der Waals surface area contributed by atoms with Gasteiger partial charge in [0, 0.05) is 30.4 Å². The molecule has 1 amide bonds. The van der Waals surface area contributed by atoms with Crippen LogP contribution in [0, 0.1) is 18.3 Å². The van der Waals surface area contributed by atoms with Crippen LogP contribution in [0.5, 0.6) is 0 Å². The monoisotopic (exact) mass is 292 g/mol. The van der Waals surface area contributed by atoms with Gasteiger partial charge in [0.1, 0.15) is 18.1 Å². The quantitative estimate of drug-likeness (QED) is 0.778. The van der Waals surface area contributed by atoms with Gasteiger partial charge in [0.15, 0.2) is 5.65 Å². The molecule has 0 aliphatic rings. The van der Waals surface area contributed by atoms with Crippen molar-refractivity contribution in [3.05, 3.63) is 42.0 Å². The lowest BCUT2D eigenvalue weighted by Crippen LogP contribution is -2.07. The number of nitriles is 1. The van der Waals surface area contributed by atoms with Gasteiger partial charge in [-0.3, -0.25) is 4.79 Å². The molecule has 0 aliphatic heterocycles. The summed E-state index contributed by atoms with van der Waals surface area (Å²) in [5, 5.41) is 15.9. The molecule has 0 saturated heterocycles. The van der Waals surface area contributed by atoms with Crippen molar-refractivity contribution in [3.8, 4) is 17.3 Å². The summed E-state index contributed by atoms with van der Waals surface area (Å²) in [6, 6.07) is 7.27. The molecular weight excluding hydrogens is 280 g/mol. The molecule has 0 unspecified atom stereocenters. The van der Waals surface area contributed by atoms with Gasteiger partial charge in [-0.1, -0.05) is 0 Å². The van der Waals surface area contributed by atoms with Gasteiger partial charge in [-0.25, -0.2) is 14.5 Å². The maximum Gasteiger partial charge on any atom is 0.221 e. The molecule has 7 heteroatoms. The molecule has 0 radical (unpaired) electrons. The van der Waals surface area contributed by atoms with Crippen molar-refractivity contribution in [3.63, 3.8) is 0 Å². The average Bonchev–Trinajstić information content (AvgIpc) is 2.94. The van der Waals surface area contributed by atoms with E-state index in [0.29, 0.717) is 17.0 Å². The van der Waals surface area contributed by atoms with E-state index >= 15 is 0 Å².